The van der Waals surface area contributed by atoms with Crippen LogP contribution < -0.4 is 16.8 Å². The molecule has 5 rings (SSSR count). The molecule has 2 amide bonds. The van der Waals surface area contributed by atoms with Gasteiger partial charge in [-0.3, -0.25) is 14.6 Å². The Bertz CT molecular complexity index is 1480. The van der Waals surface area contributed by atoms with Gasteiger partial charge in [-0.1, -0.05) is 17.7 Å². The van der Waals surface area contributed by atoms with Crippen molar-refractivity contribution in [2.75, 3.05) is 58.3 Å². The van der Waals surface area contributed by atoms with E-state index >= 15 is 0 Å². The van der Waals surface area contributed by atoms with Crippen molar-refractivity contribution in [1.82, 2.24) is 24.8 Å². The maximum absolute atomic E-state index is 13.6. The third-order valence-corrected chi connectivity index (χ3v) is 7.96. The number of piperidine rings is 1. The number of ether oxygens (including phenoxy) is 3. The summed E-state index contributed by atoms with van der Waals surface area (Å²) < 4.78 is 17.9. The molecule has 2 aliphatic heterocycles. The molecule has 1 saturated heterocycles. The van der Waals surface area contributed by atoms with Crippen LogP contribution in [0, 0.1) is 0 Å². The number of hydrogen-bond acceptors (Lipinski definition) is 10. The molecule has 0 unspecified atom stereocenters. The lowest BCUT2D eigenvalue weighted by Gasteiger charge is -2.37. The second-order valence-electron chi connectivity index (χ2n) is 10.3. The van der Waals surface area contributed by atoms with Gasteiger partial charge < -0.3 is 40.5 Å². The van der Waals surface area contributed by atoms with Gasteiger partial charge in [-0.05, 0) is 37.5 Å². The predicted molar refractivity (Wildman–Crippen MR) is 158 cm³/mol. The summed E-state index contributed by atoms with van der Waals surface area (Å²) in [6, 6.07) is 7.77. The van der Waals surface area contributed by atoms with E-state index in [9.17, 15) is 9.59 Å². The van der Waals surface area contributed by atoms with Crippen LogP contribution in [0.4, 0.5) is 11.6 Å². The molecule has 224 valence electrons. The second kappa shape index (κ2) is 13.0. The van der Waals surface area contributed by atoms with E-state index in [0.717, 1.165) is 17.3 Å². The van der Waals surface area contributed by atoms with E-state index in [1.807, 2.05) is 35.4 Å². The van der Waals surface area contributed by atoms with Crippen molar-refractivity contribution in [2.45, 2.75) is 37.8 Å². The van der Waals surface area contributed by atoms with Crippen molar-refractivity contribution < 1.29 is 23.8 Å². The second-order valence-corrected chi connectivity index (χ2v) is 10.7. The highest BCUT2D eigenvalue weighted by Crippen LogP contribution is 2.36. The van der Waals surface area contributed by atoms with Gasteiger partial charge in [0.25, 0.3) is 11.8 Å². The highest BCUT2D eigenvalue weighted by Gasteiger charge is 2.40. The number of amides is 2. The molecule has 0 bridgehead atoms. The van der Waals surface area contributed by atoms with Gasteiger partial charge in [0.2, 0.25) is 0 Å². The quantitative estimate of drug-likeness (QED) is 0.234. The van der Waals surface area contributed by atoms with Crippen LogP contribution in [0.3, 0.4) is 0 Å². The van der Waals surface area contributed by atoms with Gasteiger partial charge in [0.05, 0.1) is 25.4 Å². The molecular formula is C28H35ClN8O5. The topological polar surface area (TPSA) is 172 Å². The summed E-state index contributed by atoms with van der Waals surface area (Å²) in [4.78, 5) is 40.9. The zero-order valence-corrected chi connectivity index (χ0v) is 24.2. The van der Waals surface area contributed by atoms with Crippen LogP contribution in [-0.2, 0) is 20.8 Å². The molecule has 5 N–H and O–H groups in total. The van der Waals surface area contributed by atoms with Crippen molar-refractivity contribution in [3.63, 3.8) is 0 Å². The number of carbonyl (C=O) groups excluding carboxylic acids is 2. The normalized spacial score (nSPS) is 16.2. The number of likely N-dealkylation sites (tertiary alicyclic amines) is 1. The maximum atomic E-state index is 13.6. The summed E-state index contributed by atoms with van der Waals surface area (Å²) >= 11 is 5.91. The number of nitrogens with one attached hydrogen (secondary N) is 1. The number of benzene rings is 1. The number of anilines is 2. The largest absolute Gasteiger partial charge is 0.382 e. The van der Waals surface area contributed by atoms with Crippen molar-refractivity contribution in [2.24, 2.45) is 4.99 Å². The molecular weight excluding hydrogens is 564 g/mol. The summed E-state index contributed by atoms with van der Waals surface area (Å²) in [7, 11) is 1.63. The van der Waals surface area contributed by atoms with E-state index in [1.165, 1.54) is 0 Å². The molecule has 42 heavy (non-hydrogen) atoms. The first-order chi connectivity index (χ1) is 20.3. The number of aromatic nitrogens is 3. The molecule has 0 atom stereocenters. The lowest BCUT2D eigenvalue weighted by Crippen LogP contribution is -2.45. The van der Waals surface area contributed by atoms with Crippen LogP contribution in [0.15, 0.2) is 35.5 Å². The van der Waals surface area contributed by atoms with Gasteiger partial charge in [-0.2, -0.15) is 0 Å². The lowest BCUT2D eigenvalue weighted by molar-refractivity contribution is -0.0672. The van der Waals surface area contributed by atoms with Crippen molar-refractivity contribution in [3.05, 3.63) is 46.9 Å². The highest BCUT2D eigenvalue weighted by atomic mass is 35.5. The Labute approximate surface area is 248 Å². The zero-order chi connectivity index (χ0) is 29.7. The van der Waals surface area contributed by atoms with Crippen LogP contribution in [0.2, 0.25) is 5.15 Å². The summed E-state index contributed by atoms with van der Waals surface area (Å²) in [6.07, 6.45) is 4.77. The number of fused-ring (bicyclic) bond motifs is 1. The van der Waals surface area contributed by atoms with E-state index in [-0.39, 0.29) is 40.7 Å². The molecule has 14 heteroatoms. The number of hydrogen-bond donors (Lipinski definition) is 3. The van der Waals surface area contributed by atoms with E-state index in [0.29, 0.717) is 70.1 Å². The Kier molecular flexibility index (Phi) is 9.21. The van der Waals surface area contributed by atoms with E-state index in [2.05, 4.69) is 19.9 Å². The Balaban J connectivity index is 1.17. The number of nitrogens with zero attached hydrogens (tertiary/aromatic N) is 5. The number of amidine groups is 1. The smallest absolute Gasteiger partial charge is 0.279 e. The SMILES string of the molecule is COCCOCOCCn1ccc2c(C(=O)N3CCC4(CCC(NC(=O)c5nc(Cl)c(N)nc5N)=N4)CC3)cccc21. The molecule has 0 radical (unpaired) electrons. The molecule has 3 aromatic rings. The molecule has 1 aromatic carbocycles. The predicted octanol–water partition coefficient (Wildman–Crippen LogP) is 2.48. The van der Waals surface area contributed by atoms with Gasteiger partial charge in [-0.25, -0.2) is 9.97 Å². The first kappa shape index (κ1) is 29.7. The van der Waals surface area contributed by atoms with Crippen molar-refractivity contribution >= 4 is 51.8 Å². The third kappa shape index (κ3) is 6.49. The Morgan fingerprint density at radius 2 is 1.83 bits per heavy atom. The molecule has 1 fully saturated rings. The average molecular weight is 599 g/mol. The minimum atomic E-state index is -0.535. The first-order valence-corrected chi connectivity index (χ1v) is 14.2. The minimum absolute atomic E-state index is 0.000717. The standard InChI is InChI=1S/C28H35ClN8O5/c1-40-15-16-42-17-41-14-13-36-10-6-18-19(3-2-4-20(18)36)27(39)37-11-8-28(9-12-37)7-5-21(35-28)32-26(38)22-24(30)34-25(31)23(29)33-22/h2-4,6,10H,5,7-9,11-17H2,1H3,(H4,30,31,34)(H,32,35,38). The number of rotatable bonds is 10. The third-order valence-electron chi connectivity index (χ3n) is 7.68. The van der Waals surface area contributed by atoms with Crippen LogP contribution in [0.25, 0.3) is 10.9 Å². The Morgan fingerprint density at radius 1 is 1.05 bits per heavy atom. The van der Waals surface area contributed by atoms with Gasteiger partial charge in [-0.15, -0.1) is 0 Å². The Morgan fingerprint density at radius 3 is 2.62 bits per heavy atom. The van der Waals surface area contributed by atoms with Crippen LogP contribution in [0.1, 0.15) is 46.5 Å². The van der Waals surface area contributed by atoms with Crippen LogP contribution in [0.5, 0.6) is 0 Å². The van der Waals surface area contributed by atoms with Gasteiger partial charge in [0.1, 0.15) is 12.6 Å². The van der Waals surface area contributed by atoms with Gasteiger partial charge in [0.15, 0.2) is 22.5 Å². The molecule has 13 nitrogen and oxygen atoms in total. The molecule has 2 aromatic heterocycles. The fourth-order valence-corrected chi connectivity index (χ4v) is 5.51. The van der Waals surface area contributed by atoms with Crippen molar-refractivity contribution in [1.29, 1.82) is 0 Å². The Hall–Kier alpha value is -3.78. The molecule has 1 spiro atoms. The lowest BCUT2D eigenvalue weighted by atomic mass is 9.85. The van der Waals surface area contributed by atoms with E-state index in [4.69, 9.17) is 42.3 Å². The number of carbonyl (C=O) groups is 2. The van der Waals surface area contributed by atoms with Gasteiger partial charge in [0, 0.05) is 55.8 Å². The van der Waals surface area contributed by atoms with Crippen LogP contribution in [-0.4, -0.2) is 89.4 Å². The summed E-state index contributed by atoms with van der Waals surface area (Å²) in [6.45, 7) is 3.50. The van der Waals surface area contributed by atoms with Crippen molar-refractivity contribution in [3.8, 4) is 0 Å². The first-order valence-electron chi connectivity index (χ1n) is 13.8. The summed E-state index contributed by atoms with van der Waals surface area (Å²) in [5.41, 5.74) is 12.6. The number of nitrogens with two attached hydrogens (primary N) is 2. The number of methoxy groups -OCH3 is 1. The van der Waals surface area contributed by atoms with E-state index in [1.54, 1.807) is 7.11 Å². The number of halogens is 1. The van der Waals surface area contributed by atoms with Gasteiger partial charge >= 0.3 is 0 Å². The number of aliphatic imine (C=N–C) groups is 1. The monoisotopic (exact) mass is 598 g/mol. The highest BCUT2D eigenvalue weighted by molar-refractivity contribution is 6.31. The fourth-order valence-electron chi connectivity index (χ4n) is 5.38. The molecule has 4 heterocycles. The average Bonchev–Trinajstić information content (AvgIpc) is 3.58. The molecule has 2 aliphatic rings. The minimum Gasteiger partial charge on any atom is -0.382 e. The zero-order valence-electron chi connectivity index (χ0n) is 23.5. The summed E-state index contributed by atoms with van der Waals surface area (Å²) in [5, 5.41) is 3.62. The fraction of sp³-hybridized carbons (Fsp3) is 0.464. The van der Waals surface area contributed by atoms with Crippen LogP contribution >= 0.6 is 11.6 Å². The summed E-state index contributed by atoms with van der Waals surface area (Å²) in [5.74, 6) is -0.113. The van der Waals surface area contributed by atoms with E-state index < -0.39 is 5.91 Å². The molecule has 0 saturated carbocycles. The maximum Gasteiger partial charge on any atom is 0.279 e. The number of nitrogen functional groups attached to an aromatic ring is 2. The molecule has 0 aliphatic carbocycles.